The van der Waals surface area contributed by atoms with Gasteiger partial charge in [-0.05, 0) is 71.8 Å². The van der Waals surface area contributed by atoms with Gasteiger partial charge in [-0.25, -0.2) is 9.59 Å². The number of carbonyl (C=O) groups is 2. The number of alkyl carbamates (subject to hydrolysis) is 1. The van der Waals surface area contributed by atoms with Crippen molar-refractivity contribution in [1.82, 2.24) is 5.32 Å². The van der Waals surface area contributed by atoms with Crippen molar-refractivity contribution in [3.05, 3.63) is 35.4 Å². The van der Waals surface area contributed by atoms with Crippen molar-refractivity contribution in [3.63, 3.8) is 0 Å². The Morgan fingerprint density at radius 1 is 1.22 bits per heavy atom. The highest BCUT2D eigenvalue weighted by Crippen LogP contribution is 2.25. The SMILES string of the molecule is Cc1ccc(C[C@H]2CCC[C@H](NC(=O)OC(C)(C)C)C(=O)O[C@@H](C)C2)cc1. The fourth-order valence-electron chi connectivity index (χ4n) is 3.47. The zero-order valence-electron chi connectivity index (χ0n) is 17.2. The van der Waals surface area contributed by atoms with Crippen molar-refractivity contribution >= 4 is 12.1 Å². The minimum absolute atomic E-state index is 0.172. The maximum Gasteiger partial charge on any atom is 0.408 e. The van der Waals surface area contributed by atoms with Crippen molar-refractivity contribution in [3.8, 4) is 0 Å². The second kappa shape index (κ2) is 9.25. The third kappa shape index (κ3) is 7.61. The van der Waals surface area contributed by atoms with Gasteiger partial charge in [0.2, 0.25) is 0 Å². The van der Waals surface area contributed by atoms with Gasteiger partial charge in [-0.1, -0.05) is 36.2 Å². The maximum absolute atomic E-state index is 12.4. The van der Waals surface area contributed by atoms with E-state index in [0.29, 0.717) is 12.3 Å². The molecular weight excluding hydrogens is 342 g/mol. The smallest absolute Gasteiger partial charge is 0.408 e. The summed E-state index contributed by atoms with van der Waals surface area (Å²) in [4.78, 5) is 24.5. The molecule has 2 rings (SSSR count). The molecule has 1 aromatic rings. The van der Waals surface area contributed by atoms with E-state index in [0.717, 1.165) is 25.7 Å². The lowest BCUT2D eigenvalue weighted by Gasteiger charge is -2.23. The molecule has 5 nitrogen and oxygen atoms in total. The Morgan fingerprint density at radius 2 is 1.89 bits per heavy atom. The summed E-state index contributed by atoms with van der Waals surface area (Å²) in [6.45, 7) is 9.41. The molecule has 0 spiro atoms. The average Bonchev–Trinajstić information content (AvgIpc) is 2.59. The van der Waals surface area contributed by atoms with Gasteiger partial charge >= 0.3 is 12.1 Å². The van der Waals surface area contributed by atoms with Crippen molar-refractivity contribution in [2.24, 2.45) is 5.92 Å². The van der Waals surface area contributed by atoms with Crippen molar-refractivity contribution in [1.29, 1.82) is 0 Å². The predicted molar refractivity (Wildman–Crippen MR) is 106 cm³/mol. The number of esters is 1. The van der Waals surface area contributed by atoms with E-state index in [2.05, 4.69) is 36.5 Å². The van der Waals surface area contributed by atoms with Gasteiger partial charge in [0.1, 0.15) is 11.6 Å². The molecule has 0 aromatic heterocycles. The summed E-state index contributed by atoms with van der Waals surface area (Å²) < 4.78 is 10.9. The van der Waals surface area contributed by atoms with Gasteiger partial charge in [-0.15, -0.1) is 0 Å². The molecule has 0 aliphatic carbocycles. The fraction of sp³-hybridized carbons (Fsp3) is 0.636. The largest absolute Gasteiger partial charge is 0.461 e. The molecule has 5 heteroatoms. The first-order valence-electron chi connectivity index (χ1n) is 9.88. The Balaban J connectivity index is 1.97. The van der Waals surface area contributed by atoms with Crippen LogP contribution in [0.4, 0.5) is 4.79 Å². The quantitative estimate of drug-likeness (QED) is 0.787. The van der Waals surface area contributed by atoms with Crippen LogP contribution in [0, 0.1) is 12.8 Å². The number of cyclic esters (lactones) is 1. The number of ether oxygens (including phenoxy) is 2. The normalized spacial score (nSPS) is 24.2. The highest BCUT2D eigenvalue weighted by Gasteiger charge is 2.29. The Kier molecular flexibility index (Phi) is 7.28. The van der Waals surface area contributed by atoms with E-state index in [9.17, 15) is 9.59 Å². The van der Waals surface area contributed by atoms with Gasteiger partial charge in [0.05, 0.1) is 6.10 Å². The minimum Gasteiger partial charge on any atom is -0.461 e. The highest BCUT2D eigenvalue weighted by molar-refractivity contribution is 5.81. The first-order valence-corrected chi connectivity index (χ1v) is 9.88. The summed E-state index contributed by atoms with van der Waals surface area (Å²) in [6, 6.07) is 7.96. The van der Waals surface area contributed by atoms with Crippen LogP contribution in [0.3, 0.4) is 0 Å². The van der Waals surface area contributed by atoms with E-state index in [4.69, 9.17) is 9.47 Å². The summed E-state index contributed by atoms with van der Waals surface area (Å²) in [6.07, 6.45) is 3.49. The third-order valence-corrected chi connectivity index (χ3v) is 4.71. The second-order valence-corrected chi connectivity index (χ2v) is 8.67. The fourth-order valence-corrected chi connectivity index (χ4v) is 3.47. The molecule has 1 N–H and O–H groups in total. The van der Waals surface area contributed by atoms with Gasteiger partial charge in [0.15, 0.2) is 0 Å². The number of hydrogen-bond donors (Lipinski definition) is 1. The first kappa shape index (κ1) is 21.3. The topological polar surface area (TPSA) is 64.6 Å². The molecule has 1 aliphatic rings. The molecule has 1 aromatic carbocycles. The van der Waals surface area contributed by atoms with E-state index in [1.165, 1.54) is 11.1 Å². The lowest BCUT2D eigenvalue weighted by atomic mass is 9.89. The molecular formula is C22H33NO4. The average molecular weight is 376 g/mol. The van der Waals surface area contributed by atoms with E-state index < -0.39 is 17.7 Å². The summed E-state index contributed by atoms with van der Waals surface area (Å²) in [7, 11) is 0. The summed E-state index contributed by atoms with van der Waals surface area (Å²) in [5, 5.41) is 2.68. The summed E-state index contributed by atoms with van der Waals surface area (Å²) in [5.74, 6) is 0.0835. The van der Waals surface area contributed by atoms with Crippen LogP contribution in [0.15, 0.2) is 24.3 Å². The van der Waals surface area contributed by atoms with Crippen LogP contribution in [0.2, 0.25) is 0 Å². The van der Waals surface area contributed by atoms with E-state index in [1.807, 2.05) is 6.92 Å². The monoisotopic (exact) mass is 375 g/mol. The van der Waals surface area contributed by atoms with Crippen LogP contribution in [0.1, 0.15) is 64.5 Å². The predicted octanol–water partition coefficient (Wildman–Crippen LogP) is 4.55. The van der Waals surface area contributed by atoms with Gasteiger partial charge in [0.25, 0.3) is 0 Å². The molecule has 1 amide bonds. The molecule has 1 saturated heterocycles. The van der Waals surface area contributed by atoms with Crippen molar-refractivity contribution in [2.75, 3.05) is 0 Å². The molecule has 3 atom stereocenters. The van der Waals surface area contributed by atoms with Gasteiger partial charge in [0, 0.05) is 0 Å². The number of hydrogen-bond acceptors (Lipinski definition) is 4. The van der Waals surface area contributed by atoms with Crippen LogP contribution >= 0.6 is 0 Å². The zero-order valence-corrected chi connectivity index (χ0v) is 17.2. The van der Waals surface area contributed by atoms with Crippen LogP contribution in [0.25, 0.3) is 0 Å². The van der Waals surface area contributed by atoms with Crippen LogP contribution in [-0.2, 0) is 20.7 Å². The highest BCUT2D eigenvalue weighted by atomic mass is 16.6. The molecule has 0 radical (unpaired) electrons. The Morgan fingerprint density at radius 3 is 2.52 bits per heavy atom. The van der Waals surface area contributed by atoms with Crippen LogP contribution < -0.4 is 5.32 Å². The Hall–Kier alpha value is -2.04. The third-order valence-electron chi connectivity index (χ3n) is 4.71. The molecule has 1 fully saturated rings. The molecule has 27 heavy (non-hydrogen) atoms. The van der Waals surface area contributed by atoms with Gasteiger partial charge in [-0.2, -0.15) is 0 Å². The Bertz CT molecular complexity index is 633. The first-order chi connectivity index (χ1) is 12.6. The molecule has 0 bridgehead atoms. The molecule has 1 heterocycles. The minimum atomic E-state index is -0.652. The molecule has 0 saturated carbocycles. The summed E-state index contributed by atoms with van der Waals surface area (Å²) >= 11 is 0. The van der Waals surface area contributed by atoms with Gasteiger partial charge < -0.3 is 14.8 Å². The number of benzene rings is 1. The number of nitrogens with one attached hydrogen (secondary N) is 1. The van der Waals surface area contributed by atoms with Crippen molar-refractivity contribution < 1.29 is 19.1 Å². The number of carbonyl (C=O) groups excluding carboxylic acids is 2. The van der Waals surface area contributed by atoms with E-state index in [1.54, 1.807) is 20.8 Å². The molecule has 0 unspecified atom stereocenters. The lowest BCUT2D eigenvalue weighted by Crippen LogP contribution is -2.44. The summed E-state index contributed by atoms with van der Waals surface area (Å²) in [5.41, 5.74) is 1.97. The standard InChI is InChI=1S/C22H33NO4/c1-15-9-11-17(12-10-15)14-18-7-6-8-19(20(24)26-16(2)13-18)23-21(25)27-22(3,4)5/h9-12,16,18-19H,6-8,13-14H2,1-5H3,(H,23,25)/t16-,18-,19-/m0/s1. The second-order valence-electron chi connectivity index (χ2n) is 8.67. The van der Waals surface area contributed by atoms with Crippen molar-refractivity contribution in [2.45, 2.75) is 84.5 Å². The number of rotatable bonds is 3. The number of amides is 1. The number of aryl methyl sites for hydroxylation is 1. The van der Waals surface area contributed by atoms with Gasteiger partial charge in [-0.3, -0.25) is 0 Å². The molecule has 1 aliphatic heterocycles. The van der Waals surface area contributed by atoms with E-state index in [-0.39, 0.29) is 12.1 Å². The Labute approximate surface area is 162 Å². The molecule has 150 valence electrons. The van der Waals surface area contributed by atoms with Crippen LogP contribution in [0.5, 0.6) is 0 Å². The zero-order chi connectivity index (χ0) is 20.0. The van der Waals surface area contributed by atoms with E-state index >= 15 is 0 Å². The maximum atomic E-state index is 12.4. The lowest BCUT2D eigenvalue weighted by molar-refractivity contribution is -0.151. The van der Waals surface area contributed by atoms with Crippen LogP contribution in [-0.4, -0.2) is 29.8 Å².